The summed E-state index contributed by atoms with van der Waals surface area (Å²) < 4.78 is 0. The van der Waals surface area contributed by atoms with Gasteiger partial charge in [0.1, 0.15) is 0 Å². The molecule has 0 heterocycles. The molecule has 2 aliphatic rings. The van der Waals surface area contributed by atoms with Gasteiger partial charge in [0.2, 0.25) is 5.91 Å². The second kappa shape index (κ2) is 5.67. The fourth-order valence-corrected chi connectivity index (χ4v) is 2.43. The van der Waals surface area contributed by atoms with Crippen LogP contribution in [0.1, 0.15) is 51.9 Å². The zero-order chi connectivity index (χ0) is 11.4. The summed E-state index contributed by atoms with van der Waals surface area (Å²) in [6, 6.07) is 1.05. The van der Waals surface area contributed by atoms with Crippen molar-refractivity contribution < 1.29 is 4.79 Å². The molecule has 2 saturated carbocycles. The zero-order valence-electron chi connectivity index (χ0n) is 10.3. The first kappa shape index (κ1) is 11.9. The van der Waals surface area contributed by atoms with Gasteiger partial charge in [-0.2, -0.15) is 0 Å². The summed E-state index contributed by atoms with van der Waals surface area (Å²) in [6.45, 7) is 2.83. The smallest absolute Gasteiger partial charge is 0.234 e. The number of nitrogens with one attached hydrogen (secondary N) is 2. The Morgan fingerprint density at radius 2 is 1.81 bits per heavy atom. The monoisotopic (exact) mass is 224 g/mol. The van der Waals surface area contributed by atoms with Crippen LogP contribution in [0.5, 0.6) is 0 Å². The van der Waals surface area contributed by atoms with Gasteiger partial charge in [0.25, 0.3) is 0 Å². The van der Waals surface area contributed by atoms with Crippen LogP contribution in [0.2, 0.25) is 0 Å². The standard InChI is InChI=1S/C13H24N2O/c1-10-3-2-4-12(6-5-10)15-13(16)9-14-11-7-8-11/h10-12,14H,2-9H2,1H3,(H,15,16). The Bertz CT molecular complexity index is 238. The summed E-state index contributed by atoms with van der Waals surface area (Å²) in [5.41, 5.74) is 0. The van der Waals surface area contributed by atoms with Crippen molar-refractivity contribution in [1.29, 1.82) is 0 Å². The number of carbonyl (C=O) groups is 1. The Kier molecular flexibility index (Phi) is 4.22. The molecule has 2 N–H and O–H groups in total. The van der Waals surface area contributed by atoms with Gasteiger partial charge in [0.05, 0.1) is 6.54 Å². The number of carbonyl (C=O) groups excluding carboxylic acids is 1. The first-order chi connectivity index (χ1) is 7.74. The molecule has 0 radical (unpaired) electrons. The number of amides is 1. The molecule has 0 aromatic carbocycles. The molecular weight excluding hydrogens is 200 g/mol. The van der Waals surface area contributed by atoms with Crippen molar-refractivity contribution in [3.63, 3.8) is 0 Å². The maximum atomic E-state index is 11.7. The molecule has 0 spiro atoms. The highest BCUT2D eigenvalue weighted by Gasteiger charge is 2.22. The van der Waals surface area contributed by atoms with Gasteiger partial charge in [-0.3, -0.25) is 4.79 Å². The molecule has 3 nitrogen and oxygen atoms in total. The molecule has 1 amide bonds. The van der Waals surface area contributed by atoms with Crippen LogP contribution in [-0.4, -0.2) is 24.5 Å². The fourth-order valence-electron chi connectivity index (χ4n) is 2.43. The first-order valence-electron chi connectivity index (χ1n) is 6.77. The van der Waals surface area contributed by atoms with Gasteiger partial charge < -0.3 is 10.6 Å². The average Bonchev–Trinajstić information content (AvgIpc) is 3.05. The Hall–Kier alpha value is -0.570. The minimum atomic E-state index is 0.187. The Balaban J connectivity index is 1.64. The van der Waals surface area contributed by atoms with Crippen molar-refractivity contribution in [2.75, 3.05) is 6.54 Å². The van der Waals surface area contributed by atoms with E-state index in [1.54, 1.807) is 0 Å². The Morgan fingerprint density at radius 3 is 2.56 bits per heavy atom. The third-order valence-corrected chi connectivity index (χ3v) is 3.75. The predicted octanol–water partition coefficient (Wildman–Crippen LogP) is 1.82. The van der Waals surface area contributed by atoms with Gasteiger partial charge in [-0.25, -0.2) is 0 Å². The summed E-state index contributed by atoms with van der Waals surface area (Å²) in [7, 11) is 0. The minimum absolute atomic E-state index is 0.187. The maximum absolute atomic E-state index is 11.7. The van der Waals surface area contributed by atoms with Crippen molar-refractivity contribution in [2.24, 2.45) is 5.92 Å². The normalized spacial score (nSPS) is 30.8. The van der Waals surface area contributed by atoms with Crippen LogP contribution in [-0.2, 0) is 4.79 Å². The van der Waals surface area contributed by atoms with E-state index in [1.165, 1.54) is 38.5 Å². The molecule has 0 aromatic rings. The molecule has 2 aliphatic carbocycles. The number of hydrogen-bond acceptors (Lipinski definition) is 2. The third-order valence-electron chi connectivity index (χ3n) is 3.75. The predicted molar refractivity (Wildman–Crippen MR) is 65.2 cm³/mol. The average molecular weight is 224 g/mol. The summed E-state index contributed by atoms with van der Waals surface area (Å²) in [5.74, 6) is 1.03. The van der Waals surface area contributed by atoms with Gasteiger partial charge in [-0.05, 0) is 38.0 Å². The van der Waals surface area contributed by atoms with Crippen molar-refractivity contribution in [3.05, 3.63) is 0 Å². The molecule has 0 aromatic heterocycles. The molecule has 2 unspecified atom stereocenters. The van der Waals surface area contributed by atoms with Crippen LogP contribution < -0.4 is 10.6 Å². The van der Waals surface area contributed by atoms with Gasteiger partial charge in [0, 0.05) is 12.1 Å². The lowest BCUT2D eigenvalue weighted by atomic mass is 10.0. The lowest BCUT2D eigenvalue weighted by molar-refractivity contribution is -0.121. The van der Waals surface area contributed by atoms with Gasteiger partial charge in [-0.1, -0.05) is 19.8 Å². The summed E-state index contributed by atoms with van der Waals surface area (Å²) in [5, 5.41) is 6.42. The van der Waals surface area contributed by atoms with E-state index >= 15 is 0 Å². The van der Waals surface area contributed by atoms with E-state index in [2.05, 4.69) is 17.6 Å². The minimum Gasteiger partial charge on any atom is -0.352 e. The fraction of sp³-hybridized carbons (Fsp3) is 0.923. The molecular formula is C13H24N2O. The summed E-state index contributed by atoms with van der Waals surface area (Å²) in [4.78, 5) is 11.7. The lowest BCUT2D eigenvalue weighted by Gasteiger charge is -2.16. The maximum Gasteiger partial charge on any atom is 0.234 e. The quantitative estimate of drug-likeness (QED) is 0.715. The summed E-state index contributed by atoms with van der Waals surface area (Å²) >= 11 is 0. The highest BCUT2D eigenvalue weighted by atomic mass is 16.1. The summed E-state index contributed by atoms with van der Waals surface area (Å²) in [6.07, 6.45) is 8.67. The highest BCUT2D eigenvalue weighted by Crippen LogP contribution is 2.22. The van der Waals surface area contributed by atoms with E-state index in [9.17, 15) is 4.79 Å². The first-order valence-corrected chi connectivity index (χ1v) is 6.77. The second-order valence-electron chi connectivity index (χ2n) is 5.53. The van der Waals surface area contributed by atoms with Crippen LogP contribution in [0.15, 0.2) is 0 Å². The molecule has 0 bridgehead atoms. The number of hydrogen-bond donors (Lipinski definition) is 2. The Morgan fingerprint density at radius 1 is 1.06 bits per heavy atom. The molecule has 0 saturated heterocycles. The van der Waals surface area contributed by atoms with E-state index < -0.39 is 0 Å². The van der Waals surface area contributed by atoms with Crippen LogP contribution in [0, 0.1) is 5.92 Å². The molecule has 2 fully saturated rings. The van der Waals surface area contributed by atoms with E-state index in [1.807, 2.05) is 0 Å². The van der Waals surface area contributed by atoms with Gasteiger partial charge >= 0.3 is 0 Å². The van der Waals surface area contributed by atoms with Gasteiger partial charge in [-0.15, -0.1) is 0 Å². The van der Waals surface area contributed by atoms with E-state index in [-0.39, 0.29) is 5.91 Å². The molecule has 0 aliphatic heterocycles. The largest absolute Gasteiger partial charge is 0.352 e. The van der Waals surface area contributed by atoms with Crippen molar-refractivity contribution in [2.45, 2.75) is 64.0 Å². The molecule has 2 atom stereocenters. The van der Waals surface area contributed by atoms with Crippen LogP contribution in [0.3, 0.4) is 0 Å². The van der Waals surface area contributed by atoms with E-state index in [0.29, 0.717) is 18.6 Å². The van der Waals surface area contributed by atoms with E-state index in [4.69, 9.17) is 0 Å². The highest BCUT2D eigenvalue weighted by molar-refractivity contribution is 5.78. The van der Waals surface area contributed by atoms with Crippen LogP contribution >= 0.6 is 0 Å². The molecule has 16 heavy (non-hydrogen) atoms. The lowest BCUT2D eigenvalue weighted by Crippen LogP contribution is -2.40. The Labute approximate surface area is 98.4 Å². The van der Waals surface area contributed by atoms with Crippen molar-refractivity contribution in [3.8, 4) is 0 Å². The molecule has 2 rings (SSSR count). The van der Waals surface area contributed by atoms with E-state index in [0.717, 1.165) is 12.3 Å². The SMILES string of the molecule is CC1CCCC(NC(=O)CNC2CC2)CC1. The number of rotatable bonds is 4. The van der Waals surface area contributed by atoms with Crippen molar-refractivity contribution in [1.82, 2.24) is 10.6 Å². The van der Waals surface area contributed by atoms with Crippen molar-refractivity contribution >= 4 is 5.91 Å². The van der Waals surface area contributed by atoms with Crippen LogP contribution in [0.25, 0.3) is 0 Å². The van der Waals surface area contributed by atoms with Crippen LogP contribution in [0.4, 0.5) is 0 Å². The third kappa shape index (κ3) is 4.12. The van der Waals surface area contributed by atoms with Gasteiger partial charge in [0.15, 0.2) is 0 Å². The zero-order valence-corrected chi connectivity index (χ0v) is 10.3. The topological polar surface area (TPSA) is 41.1 Å². The second-order valence-corrected chi connectivity index (χ2v) is 5.53. The molecule has 92 valence electrons. The molecule has 3 heteroatoms.